The van der Waals surface area contributed by atoms with Crippen molar-refractivity contribution in [2.45, 2.75) is 25.9 Å². The van der Waals surface area contributed by atoms with Crippen LogP contribution in [0.5, 0.6) is 0 Å². The fraction of sp³-hybridized carbons (Fsp3) is 0.240. The van der Waals surface area contributed by atoms with E-state index in [4.69, 9.17) is 16.3 Å². The van der Waals surface area contributed by atoms with Gasteiger partial charge in [0.2, 0.25) is 0 Å². The minimum atomic E-state index is -1.10. The predicted molar refractivity (Wildman–Crippen MR) is 135 cm³/mol. The van der Waals surface area contributed by atoms with Crippen molar-refractivity contribution in [3.8, 4) is 11.3 Å². The summed E-state index contributed by atoms with van der Waals surface area (Å²) in [5.74, 6) is -1.91. The molecule has 0 unspecified atom stereocenters. The number of imide groups is 1. The Morgan fingerprint density at radius 3 is 2.44 bits per heavy atom. The third kappa shape index (κ3) is 5.72. The topological polar surface area (TPSA) is 109 Å². The number of thiazole rings is 1. The summed E-state index contributed by atoms with van der Waals surface area (Å²) in [5.41, 5.74) is 1.28. The molecule has 4 amide bonds. The average Bonchev–Trinajstić information content (AvgIpc) is 3.41. The predicted octanol–water partition coefficient (Wildman–Crippen LogP) is 3.87. The van der Waals surface area contributed by atoms with Gasteiger partial charge in [-0.3, -0.25) is 24.2 Å². The van der Waals surface area contributed by atoms with Crippen LogP contribution in [0.25, 0.3) is 11.3 Å². The molecule has 1 aliphatic heterocycles. The van der Waals surface area contributed by atoms with Crippen molar-refractivity contribution < 1.29 is 23.9 Å². The Morgan fingerprint density at radius 1 is 1.11 bits per heavy atom. The number of nitrogens with one attached hydrogen (secondary N) is 1. The molecule has 0 bridgehead atoms. The number of anilines is 1. The fourth-order valence-corrected chi connectivity index (χ4v) is 4.50. The maximum Gasteiger partial charge on any atom is 0.326 e. The zero-order chi connectivity index (χ0) is 25.9. The molecule has 186 valence electrons. The number of rotatable bonds is 8. The van der Waals surface area contributed by atoms with Crippen molar-refractivity contribution in [2.24, 2.45) is 0 Å². The molecule has 2 aromatic carbocycles. The van der Waals surface area contributed by atoms with Crippen LogP contribution in [-0.4, -0.2) is 52.4 Å². The van der Waals surface area contributed by atoms with Gasteiger partial charge in [0.15, 0.2) is 11.7 Å². The summed E-state index contributed by atoms with van der Waals surface area (Å²) < 4.78 is 5.13. The molecule has 2 heterocycles. The van der Waals surface area contributed by atoms with Gasteiger partial charge in [-0.15, -0.1) is 11.3 Å². The van der Waals surface area contributed by atoms with Gasteiger partial charge in [-0.05, 0) is 31.5 Å². The maximum atomic E-state index is 13.1. The lowest BCUT2D eigenvalue weighted by atomic mass is 10.1. The van der Waals surface area contributed by atoms with Gasteiger partial charge in [-0.1, -0.05) is 54.1 Å². The van der Waals surface area contributed by atoms with Gasteiger partial charge in [0.25, 0.3) is 11.8 Å². The molecule has 9 nitrogen and oxygen atoms in total. The number of urea groups is 1. The van der Waals surface area contributed by atoms with E-state index in [-0.39, 0.29) is 6.54 Å². The lowest BCUT2D eigenvalue weighted by Crippen LogP contribution is -2.41. The first-order chi connectivity index (χ1) is 17.1. The summed E-state index contributed by atoms with van der Waals surface area (Å²) in [6.07, 6.45) is 0. The molecule has 3 aromatic rings. The van der Waals surface area contributed by atoms with Crippen LogP contribution in [0.4, 0.5) is 9.93 Å². The van der Waals surface area contributed by atoms with Crippen molar-refractivity contribution >= 4 is 51.9 Å². The summed E-state index contributed by atoms with van der Waals surface area (Å²) in [7, 11) is 0. The second-order valence-corrected chi connectivity index (χ2v) is 9.87. The van der Waals surface area contributed by atoms with E-state index in [1.807, 2.05) is 47.8 Å². The summed E-state index contributed by atoms with van der Waals surface area (Å²) in [6.45, 7) is 2.13. The van der Waals surface area contributed by atoms with E-state index < -0.39 is 42.5 Å². The summed E-state index contributed by atoms with van der Waals surface area (Å²) >= 11 is 7.25. The van der Waals surface area contributed by atoms with Crippen LogP contribution in [0, 0.1) is 0 Å². The first kappa shape index (κ1) is 25.3. The van der Waals surface area contributed by atoms with Gasteiger partial charge in [0.05, 0.1) is 12.2 Å². The Morgan fingerprint density at radius 2 is 1.81 bits per heavy atom. The van der Waals surface area contributed by atoms with Crippen LogP contribution >= 0.6 is 22.9 Å². The molecule has 0 spiro atoms. The Labute approximate surface area is 216 Å². The summed E-state index contributed by atoms with van der Waals surface area (Å²) in [4.78, 5) is 56.6. The molecule has 0 aliphatic carbocycles. The van der Waals surface area contributed by atoms with E-state index in [9.17, 15) is 19.2 Å². The van der Waals surface area contributed by atoms with E-state index >= 15 is 0 Å². The number of ether oxygens (including phenoxy) is 1. The average molecular weight is 527 g/mol. The SMILES string of the molecule is CC1(C)NC(=O)N(CC(=O)OCC(=O)N(Cc2ccccc2)c2nc(-c3ccc(Cl)cc3)cs2)C1=O. The highest BCUT2D eigenvalue weighted by atomic mass is 35.5. The summed E-state index contributed by atoms with van der Waals surface area (Å²) in [6, 6.07) is 15.8. The van der Waals surface area contributed by atoms with E-state index in [0.717, 1.165) is 16.0 Å². The first-order valence-corrected chi connectivity index (χ1v) is 12.3. The van der Waals surface area contributed by atoms with Crippen molar-refractivity contribution in [3.63, 3.8) is 0 Å². The fourth-order valence-electron chi connectivity index (χ4n) is 3.53. The van der Waals surface area contributed by atoms with Crippen LogP contribution in [0.3, 0.4) is 0 Å². The van der Waals surface area contributed by atoms with Crippen molar-refractivity contribution in [1.82, 2.24) is 15.2 Å². The quantitative estimate of drug-likeness (QED) is 0.352. The lowest BCUT2D eigenvalue weighted by Gasteiger charge is -2.20. The number of hydrogen-bond acceptors (Lipinski definition) is 7. The number of amides is 4. The second-order valence-electron chi connectivity index (χ2n) is 8.59. The number of halogens is 1. The number of carbonyl (C=O) groups excluding carboxylic acids is 4. The van der Waals surface area contributed by atoms with Crippen LogP contribution in [0.2, 0.25) is 5.02 Å². The van der Waals surface area contributed by atoms with E-state index in [1.165, 1.54) is 30.1 Å². The molecule has 0 atom stereocenters. The molecule has 1 N–H and O–H groups in total. The Balaban J connectivity index is 1.47. The van der Waals surface area contributed by atoms with Crippen LogP contribution in [0.15, 0.2) is 60.0 Å². The van der Waals surface area contributed by atoms with Crippen molar-refractivity contribution in [3.05, 3.63) is 70.6 Å². The third-order valence-electron chi connectivity index (χ3n) is 5.44. The molecule has 36 heavy (non-hydrogen) atoms. The molecule has 1 aliphatic rings. The van der Waals surface area contributed by atoms with E-state index in [1.54, 1.807) is 12.1 Å². The normalized spacial score (nSPS) is 14.5. The number of aromatic nitrogens is 1. The van der Waals surface area contributed by atoms with Gasteiger partial charge >= 0.3 is 12.0 Å². The van der Waals surface area contributed by atoms with Crippen LogP contribution < -0.4 is 10.2 Å². The van der Waals surface area contributed by atoms with Crippen molar-refractivity contribution in [1.29, 1.82) is 0 Å². The molecule has 11 heteroatoms. The zero-order valence-corrected chi connectivity index (χ0v) is 21.1. The molecular formula is C25H23ClN4O5S. The largest absolute Gasteiger partial charge is 0.454 e. The summed E-state index contributed by atoms with van der Waals surface area (Å²) in [5, 5.41) is 5.35. The van der Waals surface area contributed by atoms with Gasteiger partial charge in [0, 0.05) is 16.0 Å². The Bertz CT molecular complexity index is 1290. The smallest absolute Gasteiger partial charge is 0.326 e. The Hall–Kier alpha value is -3.76. The number of nitrogens with zero attached hydrogens (tertiary/aromatic N) is 3. The van der Waals surface area contributed by atoms with Gasteiger partial charge in [0.1, 0.15) is 12.1 Å². The minimum absolute atomic E-state index is 0.214. The number of benzene rings is 2. The number of carbonyl (C=O) groups is 4. The van der Waals surface area contributed by atoms with Crippen LogP contribution in [0.1, 0.15) is 19.4 Å². The monoisotopic (exact) mass is 526 g/mol. The second kappa shape index (κ2) is 10.5. The third-order valence-corrected chi connectivity index (χ3v) is 6.55. The molecular weight excluding hydrogens is 504 g/mol. The minimum Gasteiger partial charge on any atom is -0.454 e. The van der Waals surface area contributed by atoms with E-state index in [2.05, 4.69) is 10.3 Å². The first-order valence-electron chi connectivity index (χ1n) is 11.0. The Kier molecular flexibility index (Phi) is 7.37. The maximum absolute atomic E-state index is 13.1. The highest BCUT2D eigenvalue weighted by molar-refractivity contribution is 7.14. The van der Waals surface area contributed by atoms with Crippen molar-refractivity contribution in [2.75, 3.05) is 18.1 Å². The van der Waals surface area contributed by atoms with Gasteiger partial charge in [-0.2, -0.15) is 0 Å². The standard InChI is InChI=1S/C25H23ClN4O5S/c1-25(2)22(33)30(23(34)28-25)13-21(32)35-14-20(31)29(12-16-6-4-3-5-7-16)24-27-19(15-36-24)17-8-10-18(26)11-9-17/h3-11,15H,12-14H2,1-2H3,(H,28,34). The highest BCUT2D eigenvalue weighted by Gasteiger charge is 2.45. The highest BCUT2D eigenvalue weighted by Crippen LogP contribution is 2.29. The molecule has 1 saturated heterocycles. The molecule has 4 rings (SSSR count). The molecule has 0 saturated carbocycles. The molecule has 1 fully saturated rings. The number of esters is 1. The van der Waals surface area contributed by atoms with E-state index in [0.29, 0.717) is 15.8 Å². The van der Waals surface area contributed by atoms with Gasteiger partial charge in [-0.25, -0.2) is 9.78 Å². The number of hydrogen-bond donors (Lipinski definition) is 1. The zero-order valence-electron chi connectivity index (χ0n) is 19.6. The molecule has 1 aromatic heterocycles. The van der Waals surface area contributed by atoms with Crippen LogP contribution in [-0.2, 0) is 25.7 Å². The molecule has 0 radical (unpaired) electrons. The lowest BCUT2D eigenvalue weighted by molar-refractivity contribution is -0.150. The van der Waals surface area contributed by atoms with Gasteiger partial charge < -0.3 is 10.1 Å².